The summed E-state index contributed by atoms with van der Waals surface area (Å²) in [5, 5.41) is 58.7. The first-order valence-electron chi connectivity index (χ1n) is 7.74. The third-order valence-corrected chi connectivity index (χ3v) is 4.00. The van der Waals surface area contributed by atoms with Crippen LogP contribution >= 0.6 is 0 Å². The summed E-state index contributed by atoms with van der Waals surface area (Å²) in [6.45, 7) is -1.21. The number of benzene rings is 1. The molecule has 1 aliphatic rings. The number of ether oxygens (including phenoxy) is 2. The first kappa shape index (κ1) is 19.7. The summed E-state index contributed by atoms with van der Waals surface area (Å²) in [5.74, 6) is -3.11. The van der Waals surface area contributed by atoms with Gasteiger partial charge in [0.15, 0.2) is 5.79 Å². The van der Waals surface area contributed by atoms with E-state index in [9.17, 15) is 30.3 Å². The van der Waals surface area contributed by atoms with Gasteiger partial charge in [-0.25, -0.2) is 4.79 Å². The number of aliphatic hydroxyl groups excluding tert-OH is 5. The van der Waals surface area contributed by atoms with E-state index in [1.54, 1.807) is 18.2 Å². The summed E-state index contributed by atoms with van der Waals surface area (Å²) in [4.78, 5) is 11.8. The lowest BCUT2D eigenvalue weighted by atomic mass is 9.89. The van der Waals surface area contributed by atoms with E-state index >= 15 is 0 Å². The minimum Gasteiger partial charge on any atom is -0.459 e. The van der Waals surface area contributed by atoms with Crippen LogP contribution in [-0.4, -0.2) is 86.1 Å². The van der Waals surface area contributed by atoms with E-state index in [1.807, 2.05) is 0 Å². The smallest absolute Gasteiger partial charge is 0.338 e. The molecule has 6 N–H and O–H groups in total. The maximum absolute atomic E-state index is 11.8. The minimum absolute atomic E-state index is 0.279. The Balaban J connectivity index is 1.94. The Morgan fingerprint density at radius 1 is 1.20 bits per heavy atom. The molecule has 140 valence electrons. The molecule has 0 spiro atoms. The second-order valence-corrected chi connectivity index (χ2v) is 5.93. The normalized spacial score (nSPS) is 33.7. The van der Waals surface area contributed by atoms with Crippen molar-refractivity contribution in [3.63, 3.8) is 0 Å². The highest BCUT2D eigenvalue weighted by Crippen LogP contribution is 2.31. The van der Waals surface area contributed by atoms with E-state index < -0.39 is 61.9 Å². The van der Waals surface area contributed by atoms with Crippen molar-refractivity contribution in [3.8, 4) is 0 Å². The van der Waals surface area contributed by atoms with E-state index in [-0.39, 0.29) is 5.56 Å². The lowest BCUT2D eigenvalue weighted by molar-refractivity contribution is -0.356. The van der Waals surface area contributed by atoms with Gasteiger partial charge in [-0.1, -0.05) is 18.2 Å². The fraction of sp³-hybridized carbons (Fsp3) is 0.562. The molecule has 1 fully saturated rings. The molecule has 1 aliphatic heterocycles. The summed E-state index contributed by atoms with van der Waals surface area (Å²) in [7, 11) is 0. The lowest BCUT2D eigenvalue weighted by Crippen LogP contribution is -2.66. The van der Waals surface area contributed by atoms with Gasteiger partial charge in [-0.2, -0.15) is 0 Å². The molecule has 0 aromatic heterocycles. The molecular formula is C16H22O9. The summed E-state index contributed by atoms with van der Waals surface area (Å²) in [5.41, 5.74) is 0.279. The molecule has 2 rings (SSSR count). The topological polar surface area (TPSA) is 157 Å². The van der Waals surface area contributed by atoms with Gasteiger partial charge in [-0.05, 0) is 12.1 Å². The Labute approximate surface area is 143 Å². The molecular weight excluding hydrogens is 336 g/mol. The summed E-state index contributed by atoms with van der Waals surface area (Å²) in [6, 6.07) is 8.06. The standard InChI is InChI=1S/C16H22O9/c17-7-11-12(19)13(20)14(21)16(23,25-11)6-10(18)8-24-15(22)9-4-2-1-3-5-9/h1-5,10-14,17-21,23H,6-8H2/t10?,11-,12-,13+,14-,16-/m1/s1. The molecule has 0 amide bonds. The Morgan fingerprint density at radius 3 is 2.44 bits per heavy atom. The zero-order valence-electron chi connectivity index (χ0n) is 13.3. The van der Waals surface area contributed by atoms with Crippen LogP contribution in [0, 0.1) is 0 Å². The Morgan fingerprint density at radius 2 is 1.84 bits per heavy atom. The minimum atomic E-state index is -2.43. The highest BCUT2D eigenvalue weighted by molar-refractivity contribution is 5.89. The van der Waals surface area contributed by atoms with Crippen molar-refractivity contribution in [1.29, 1.82) is 0 Å². The molecule has 9 heteroatoms. The second kappa shape index (κ2) is 8.19. The molecule has 1 aromatic carbocycles. The molecule has 6 atom stereocenters. The number of carbonyl (C=O) groups excluding carboxylic acids is 1. The fourth-order valence-corrected chi connectivity index (χ4v) is 2.62. The molecule has 0 aliphatic carbocycles. The molecule has 9 nitrogen and oxygen atoms in total. The van der Waals surface area contributed by atoms with Crippen molar-refractivity contribution in [2.45, 2.75) is 42.7 Å². The summed E-state index contributed by atoms with van der Waals surface area (Å²) < 4.78 is 9.94. The maximum Gasteiger partial charge on any atom is 0.338 e. The number of rotatable bonds is 6. The van der Waals surface area contributed by atoms with Gasteiger partial charge in [0.2, 0.25) is 0 Å². The van der Waals surface area contributed by atoms with Gasteiger partial charge in [0.05, 0.1) is 18.3 Å². The zero-order chi connectivity index (χ0) is 18.6. The van der Waals surface area contributed by atoms with Crippen LogP contribution in [0.5, 0.6) is 0 Å². The van der Waals surface area contributed by atoms with Crippen LogP contribution in [0.3, 0.4) is 0 Å². The quantitative estimate of drug-likeness (QED) is 0.309. The van der Waals surface area contributed by atoms with E-state index in [0.717, 1.165) is 0 Å². The Bertz CT molecular complexity index is 564. The number of carbonyl (C=O) groups is 1. The first-order valence-corrected chi connectivity index (χ1v) is 7.74. The first-order chi connectivity index (χ1) is 11.8. The van der Waals surface area contributed by atoms with E-state index in [1.165, 1.54) is 12.1 Å². The predicted molar refractivity (Wildman–Crippen MR) is 82.3 cm³/mol. The average Bonchev–Trinajstić information content (AvgIpc) is 2.62. The van der Waals surface area contributed by atoms with Crippen LogP contribution in [0.1, 0.15) is 16.8 Å². The van der Waals surface area contributed by atoms with Crippen molar-refractivity contribution >= 4 is 5.97 Å². The molecule has 0 bridgehead atoms. The SMILES string of the molecule is O=C(OCC(O)C[C@@]1(O)O[C@H](CO)[C@@H](O)[C@H](O)[C@H]1O)c1ccccc1. The van der Waals surface area contributed by atoms with Crippen LogP contribution in [0.2, 0.25) is 0 Å². The highest BCUT2D eigenvalue weighted by Gasteiger charge is 2.53. The third-order valence-electron chi connectivity index (χ3n) is 4.00. The predicted octanol–water partition coefficient (Wildman–Crippen LogP) is -2.24. The molecule has 1 heterocycles. The zero-order valence-corrected chi connectivity index (χ0v) is 13.3. The van der Waals surface area contributed by atoms with Gasteiger partial charge >= 0.3 is 5.97 Å². The van der Waals surface area contributed by atoms with Crippen molar-refractivity contribution in [2.75, 3.05) is 13.2 Å². The van der Waals surface area contributed by atoms with Crippen molar-refractivity contribution in [2.24, 2.45) is 0 Å². The molecule has 0 radical (unpaired) electrons. The van der Waals surface area contributed by atoms with Crippen LogP contribution in [-0.2, 0) is 9.47 Å². The summed E-state index contributed by atoms with van der Waals surface area (Å²) >= 11 is 0. The van der Waals surface area contributed by atoms with Crippen molar-refractivity contribution in [3.05, 3.63) is 35.9 Å². The molecule has 1 aromatic rings. The largest absolute Gasteiger partial charge is 0.459 e. The van der Waals surface area contributed by atoms with Gasteiger partial charge in [0.25, 0.3) is 0 Å². The maximum atomic E-state index is 11.8. The average molecular weight is 358 g/mol. The molecule has 1 saturated heterocycles. The van der Waals surface area contributed by atoms with Gasteiger partial charge < -0.3 is 40.1 Å². The summed E-state index contributed by atoms with van der Waals surface area (Å²) in [6.07, 6.45) is -8.69. The van der Waals surface area contributed by atoms with E-state index in [2.05, 4.69) is 0 Å². The van der Waals surface area contributed by atoms with Gasteiger partial charge in [-0.3, -0.25) is 0 Å². The van der Waals surface area contributed by atoms with Crippen LogP contribution in [0.4, 0.5) is 0 Å². The van der Waals surface area contributed by atoms with Crippen LogP contribution in [0.25, 0.3) is 0 Å². The van der Waals surface area contributed by atoms with Crippen molar-refractivity contribution in [1.82, 2.24) is 0 Å². The van der Waals surface area contributed by atoms with Crippen LogP contribution in [0.15, 0.2) is 30.3 Å². The molecule has 1 unspecified atom stereocenters. The number of esters is 1. The monoisotopic (exact) mass is 358 g/mol. The second-order valence-electron chi connectivity index (χ2n) is 5.93. The molecule has 0 saturated carbocycles. The lowest BCUT2D eigenvalue weighted by Gasteiger charge is -2.46. The number of aliphatic hydroxyl groups is 6. The Hall–Kier alpha value is -1.59. The fourth-order valence-electron chi connectivity index (χ4n) is 2.62. The Kier molecular flexibility index (Phi) is 6.47. The highest BCUT2D eigenvalue weighted by atomic mass is 16.7. The van der Waals surface area contributed by atoms with Gasteiger partial charge in [0, 0.05) is 6.42 Å². The van der Waals surface area contributed by atoms with Crippen LogP contribution < -0.4 is 0 Å². The number of hydrogen-bond donors (Lipinski definition) is 6. The molecule has 25 heavy (non-hydrogen) atoms. The van der Waals surface area contributed by atoms with E-state index in [4.69, 9.17) is 14.6 Å². The van der Waals surface area contributed by atoms with E-state index in [0.29, 0.717) is 0 Å². The van der Waals surface area contributed by atoms with Crippen molar-refractivity contribution < 1.29 is 44.9 Å². The van der Waals surface area contributed by atoms with Gasteiger partial charge in [-0.15, -0.1) is 0 Å². The van der Waals surface area contributed by atoms with Gasteiger partial charge in [0.1, 0.15) is 31.0 Å². The number of hydrogen-bond acceptors (Lipinski definition) is 9. The third kappa shape index (κ3) is 4.53.